The smallest absolute Gasteiger partial charge is 0.191 e. The number of guanidine groups is 1. The molecule has 31 heavy (non-hydrogen) atoms. The zero-order valence-electron chi connectivity index (χ0n) is 19.8. The summed E-state index contributed by atoms with van der Waals surface area (Å²) in [6, 6.07) is 6.26. The van der Waals surface area contributed by atoms with Crippen molar-refractivity contribution in [3.8, 4) is 5.75 Å². The summed E-state index contributed by atoms with van der Waals surface area (Å²) in [5.74, 6) is 2.32. The van der Waals surface area contributed by atoms with Crippen LogP contribution >= 0.6 is 24.0 Å². The van der Waals surface area contributed by atoms with Gasteiger partial charge in [0.1, 0.15) is 12.4 Å². The number of nitrogens with one attached hydrogen (secondary N) is 2. The van der Waals surface area contributed by atoms with Gasteiger partial charge in [0.2, 0.25) is 0 Å². The summed E-state index contributed by atoms with van der Waals surface area (Å²) < 4.78 is 17.2. The molecule has 1 unspecified atom stereocenters. The summed E-state index contributed by atoms with van der Waals surface area (Å²) in [4.78, 5) is 6.83. The van der Waals surface area contributed by atoms with Gasteiger partial charge in [0.05, 0.1) is 19.3 Å². The highest BCUT2D eigenvalue weighted by atomic mass is 127. The lowest BCUT2D eigenvalue weighted by atomic mass is 10.1. The molecule has 1 fully saturated rings. The van der Waals surface area contributed by atoms with Crippen molar-refractivity contribution in [2.45, 2.75) is 40.3 Å². The second kappa shape index (κ2) is 15.7. The Kier molecular flexibility index (Phi) is 14.1. The molecule has 0 radical (unpaired) electrons. The Morgan fingerprint density at radius 3 is 2.81 bits per heavy atom. The quantitative estimate of drug-likeness (QED) is 0.192. The second-order valence-corrected chi connectivity index (χ2v) is 8.11. The normalized spacial score (nSPS) is 17.4. The SMILES string of the molecule is CCOCCOc1cc(C)ccc1CNC(=NC)NCC1CN(CC(C)C)CCO1.I. The van der Waals surface area contributed by atoms with E-state index in [0.717, 1.165) is 50.1 Å². The molecule has 1 aromatic carbocycles. The van der Waals surface area contributed by atoms with E-state index in [1.807, 2.05) is 6.92 Å². The van der Waals surface area contributed by atoms with E-state index in [9.17, 15) is 0 Å². The molecule has 8 heteroatoms. The minimum Gasteiger partial charge on any atom is -0.491 e. The monoisotopic (exact) mass is 548 g/mol. The van der Waals surface area contributed by atoms with Gasteiger partial charge in [0, 0.05) is 51.9 Å². The molecule has 1 heterocycles. The van der Waals surface area contributed by atoms with Crippen molar-refractivity contribution in [2.75, 3.05) is 59.7 Å². The Bertz CT molecular complexity index is 658. The molecular formula is C23H41IN4O3. The Balaban J connectivity index is 0.00000480. The minimum atomic E-state index is 0. The molecule has 0 aromatic heterocycles. The first-order chi connectivity index (χ1) is 14.5. The van der Waals surface area contributed by atoms with E-state index in [1.54, 1.807) is 7.05 Å². The van der Waals surface area contributed by atoms with Crippen LogP contribution in [-0.2, 0) is 16.0 Å². The fourth-order valence-corrected chi connectivity index (χ4v) is 3.49. The first kappa shape index (κ1) is 27.9. The first-order valence-corrected chi connectivity index (χ1v) is 11.1. The number of rotatable bonds is 11. The Hall–Kier alpha value is -1.10. The number of morpholine rings is 1. The van der Waals surface area contributed by atoms with Gasteiger partial charge in [0.15, 0.2) is 5.96 Å². The Morgan fingerprint density at radius 2 is 2.10 bits per heavy atom. The van der Waals surface area contributed by atoms with Crippen LogP contribution < -0.4 is 15.4 Å². The molecule has 0 amide bonds. The van der Waals surface area contributed by atoms with Crippen LogP contribution in [0.1, 0.15) is 31.9 Å². The molecule has 1 saturated heterocycles. The summed E-state index contributed by atoms with van der Waals surface area (Å²) in [5.41, 5.74) is 2.27. The number of aliphatic imine (C=N–C) groups is 1. The lowest BCUT2D eigenvalue weighted by molar-refractivity contribution is -0.0284. The molecule has 1 aliphatic rings. The minimum absolute atomic E-state index is 0. The molecule has 1 atom stereocenters. The van der Waals surface area contributed by atoms with E-state index in [2.05, 4.69) is 59.5 Å². The average molecular weight is 549 g/mol. The highest BCUT2D eigenvalue weighted by Crippen LogP contribution is 2.20. The third-order valence-corrected chi connectivity index (χ3v) is 4.93. The maximum Gasteiger partial charge on any atom is 0.191 e. The molecule has 178 valence electrons. The Morgan fingerprint density at radius 1 is 1.29 bits per heavy atom. The molecule has 1 aromatic rings. The second-order valence-electron chi connectivity index (χ2n) is 8.11. The van der Waals surface area contributed by atoms with E-state index in [-0.39, 0.29) is 30.1 Å². The highest BCUT2D eigenvalue weighted by Gasteiger charge is 2.21. The zero-order chi connectivity index (χ0) is 21.8. The van der Waals surface area contributed by atoms with Crippen LogP contribution in [0.15, 0.2) is 23.2 Å². The molecule has 0 bridgehead atoms. The van der Waals surface area contributed by atoms with E-state index in [0.29, 0.717) is 32.3 Å². The molecule has 2 N–H and O–H groups in total. The predicted molar refractivity (Wildman–Crippen MR) is 138 cm³/mol. The zero-order valence-corrected chi connectivity index (χ0v) is 22.1. The van der Waals surface area contributed by atoms with E-state index in [4.69, 9.17) is 14.2 Å². The van der Waals surface area contributed by atoms with Crippen molar-refractivity contribution in [1.82, 2.24) is 15.5 Å². The van der Waals surface area contributed by atoms with Gasteiger partial charge >= 0.3 is 0 Å². The number of nitrogens with zero attached hydrogens (tertiary/aromatic N) is 2. The van der Waals surface area contributed by atoms with Crippen molar-refractivity contribution >= 4 is 29.9 Å². The molecule has 7 nitrogen and oxygen atoms in total. The topological polar surface area (TPSA) is 67.4 Å². The summed E-state index contributed by atoms with van der Waals surface area (Å²) in [6.07, 6.45) is 0.174. The maximum absolute atomic E-state index is 5.93. The van der Waals surface area contributed by atoms with Crippen molar-refractivity contribution in [3.05, 3.63) is 29.3 Å². The molecular weight excluding hydrogens is 507 g/mol. The van der Waals surface area contributed by atoms with Crippen LogP contribution in [0, 0.1) is 12.8 Å². The molecule has 0 saturated carbocycles. The predicted octanol–water partition coefficient (Wildman–Crippen LogP) is 3.05. The standard InChI is InChI=1S/C23H40N4O3.HI/c1-6-28-11-12-30-22-13-19(4)7-8-20(22)14-25-23(24-5)26-15-21-17-27(9-10-29-21)16-18(2)3;/h7-8,13,18,21H,6,9-12,14-17H2,1-5H3,(H2,24,25,26);1H. The molecule has 0 aliphatic carbocycles. The fourth-order valence-electron chi connectivity index (χ4n) is 3.49. The largest absolute Gasteiger partial charge is 0.491 e. The van der Waals surface area contributed by atoms with E-state index in [1.165, 1.54) is 5.56 Å². The van der Waals surface area contributed by atoms with Crippen LogP contribution in [-0.4, -0.2) is 76.6 Å². The number of hydrogen-bond acceptors (Lipinski definition) is 5. The van der Waals surface area contributed by atoms with Gasteiger partial charge in [-0.1, -0.05) is 26.0 Å². The van der Waals surface area contributed by atoms with Gasteiger partial charge < -0.3 is 24.8 Å². The van der Waals surface area contributed by atoms with Crippen molar-refractivity contribution < 1.29 is 14.2 Å². The third kappa shape index (κ3) is 10.9. The van der Waals surface area contributed by atoms with Gasteiger partial charge in [-0.3, -0.25) is 9.89 Å². The number of benzene rings is 1. The van der Waals surface area contributed by atoms with E-state index >= 15 is 0 Å². The number of halogens is 1. The average Bonchev–Trinajstić information content (AvgIpc) is 2.72. The van der Waals surface area contributed by atoms with Crippen molar-refractivity contribution in [2.24, 2.45) is 10.9 Å². The summed E-state index contributed by atoms with van der Waals surface area (Å²) in [5, 5.41) is 6.79. The van der Waals surface area contributed by atoms with Gasteiger partial charge in [-0.05, 0) is 31.4 Å². The summed E-state index contributed by atoms with van der Waals surface area (Å²) in [6.45, 7) is 15.7. The summed E-state index contributed by atoms with van der Waals surface area (Å²) in [7, 11) is 1.79. The first-order valence-electron chi connectivity index (χ1n) is 11.1. The third-order valence-electron chi connectivity index (χ3n) is 4.93. The van der Waals surface area contributed by atoms with Crippen molar-refractivity contribution in [1.29, 1.82) is 0 Å². The lowest BCUT2D eigenvalue weighted by Crippen LogP contribution is -2.50. The number of ether oxygens (including phenoxy) is 3. The van der Waals surface area contributed by atoms with Crippen molar-refractivity contribution in [3.63, 3.8) is 0 Å². The van der Waals surface area contributed by atoms with Gasteiger partial charge in [-0.15, -0.1) is 24.0 Å². The number of hydrogen-bond donors (Lipinski definition) is 2. The van der Waals surface area contributed by atoms with E-state index < -0.39 is 0 Å². The van der Waals surface area contributed by atoms with Gasteiger partial charge in [-0.25, -0.2) is 0 Å². The van der Waals surface area contributed by atoms with Crippen LogP contribution in [0.4, 0.5) is 0 Å². The summed E-state index contributed by atoms with van der Waals surface area (Å²) >= 11 is 0. The highest BCUT2D eigenvalue weighted by molar-refractivity contribution is 14.0. The van der Waals surface area contributed by atoms with Crippen LogP contribution in [0.2, 0.25) is 0 Å². The van der Waals surface area contributed by atoms with Crippen LogP contribution in [0.3, 0.4) is 0 Å². The number of aryl methyl sites for hydroxylation is 1. The fraction of sp³-hybridized carbons (Fsp3) is 0.696. The van der Waals surface area contributed by atoms with Gasteiger partial charge in [-0.2, -0.15) is 0 Å². The van der Waals surface area contributed by atoms with Gasteiger partial charge in [0.25, 0.3) is 0 Å². The van der Waals surface area contributed by atoms with Crippen LogP contribution in [0.25, 0.3) is 0 Å². The molecule has 2 rings (SSSR count). The molecule has 0 spiro atoms. The maximum atomic E-state index is 5.93. The van der Waals surface area contributed by atoms with Crippen LogP contribution in [0.5, 0.6) is 5.75 Å². The lowest BCUT2D eigenvalue weighted by Gasteiger charge is -2.34. The molecule has 1 aliphatic heterocycles. The Labute approximate surface area is 205 Å².